The summed E-state index contributed by atoms with van der Waals surface area (Å²) in [4.78, 5) is 4.24. The maximum Gasteiger partial charge on any atom is 0.191 e. The minimum Gasteiger partial charge on any atom is -0.496 e. The SMILES string of the molecule is CN=C(NCCCOC1CCOCC1)NCc1ccccc1OC.I. The number of halogens is 1. The van der Waals surface area contributed by atoms with Gasteiger partial charge in [-0.2, -0.15) is 0 Å². The van der Waals surface area contributed by atoms with E-state index in [0.717, 1.165) is 62.9 Å². The van der Waals surface area contributed by atoms with Crippen molar-refractivity contribution in [2.24, 2.45) is 4.99 Å². The standard InChI is InChI=1S/C18H29N3O3.HI/c1-19-18(21-14-15-6-3-4-7-17(15)22-2)20-10-5-11-24-16-8-12-23-13-9-16;/h3-4,6-7,16H,5,8-14H2,1-2H3,(H2,19,20,21);1H. The molecule has 0 aliphatic carbocycles. The molecule has 7 heteroatoms. The molecule has 1 heterocycles. The van der Waals surface area contributed by atoms with Gasteiger partial charge >= 0.3 is 0 Å². The molecule has 1 aromatic carbocycles. The van der Waals surface area contributed by atoms with Crippen molar-refractivity contribution in [2.45, 2.75) is 31.9 Å². The lowest BCUT2D eigenvalue weighted by Crippen LogP contribution is -2.37. The van der Waals surface area contributed by atoms with Crippen molar-refractivity contribution in [3.05, 3.63) is 29.8 Å². The van der Waals surface area contributed by atoms with Gasteiger partial charge in [0, 0.05) is 45.5 Å². The number of nitrogens with zero attached hydrogens (tertiary/aromatic N) is 1. The summed E-state index contributed by atoms with van der Waals surface area (Å²) in [5.41, 5.74) is 1.10. The summed E-state index contributed by atoms with van der Waals surface area (Å²) in [5.74, 6) is 1.66. The first-order valence-corrected chi connectivity index (χ1v) is 8.59. The van der Waals surface area contributed by atoms with Crippen LogP contribution in [0.25, 0.3) is 0 Å². The Morgan fingerprint density at radius 3 is 2.72 bits per heavy atom. The third-order valence-corrected chi connectivity index (χ3v) is 4.00. The van der Waals surface area contributed by atoms with Gasteiger partial charge in [-0.3, -0.25) is 4.99 Å². The van der Waals surface area contributed by atoms with Crippen LogP contribution in [0.4, 0.5) is 0 Å². The molecule has 1 saturated heterocycles. The second-order valence-corrected chi connectivity index (χ2v) is 5.70. The van der Waals surface area contributed by atoms with Crippen molar-refractivity contribution in [2.75, 3.05) is 40.5 Å². The Kier molecular flexibility index (Phi) is 11.6. The van der Waals surface area contributed by atoms with Gasteiger partial charge in [-0.15, -0.1) is 24.0 Å². The number of guanidine groups is 1. The summed E-state index contributed by atoms with van der Waals surface area (Å²) in [7, 11) is 3.46. The number of benzene rings is 1. The zero-order chi connectivity index (χ0) is 17.0. The van der Waals surface area contributed by atoms with E-state index in [-0.39, 0.29) is 24.0 Å². The van der Waals surface area contributed by atoms with E-state index in [4.69, 9.17) is 14.2 Å². The Bertz CT molecular complexity index is 508. The minimum absolute atomic E-state index is 0. The maximum atomic E-state index is 5.86. The fraction of sp³-hybridized carbons (Fsp3) is 0.611. The number of para-hydroxylation sites is 1. The topological polar surface area (TPSA) is 64.1 Å². The quantitative estimate of drug-likeness (QED) is 0.269. The fourth-order valence-corrected chi connectivity index (χ4v) is 2.62. The minimum atomic E-state index is 0. The zero-order valence-electron chi connectivity index (χ0n) is 15.1. The van der Waals surface area contributed by atoms with Crippen molar-refractivity contribution < 1.29 is 14.2 Å². The number of hydrogen-bond donors (Lipinski definition) is 2. The van der Waals surface area contributed by atoms with Gasteiger partial charge in [0.25, 0.3) is 0 Å². The number of rotatable bonds is 8. The molecule has 0 aromatic heterocycles. The van der Waals surface area contributed by atoms with Crippen molar-refractivity contribution in [1.82, 2.24) is 10.6 Å². The van der Waals surface area contributed by atoms with Gasteiger partial charge in [-0.25, -0.2) is 0 Å². The largest absolute Gasteiger partial charge is 0.496 e. The molecule has 0 radical (unpaired) electrons. The summed E-state index contributed by atoms with van der Waals surface area (Å²) in [6.45, 7) is 3.91. The summed E-state index contributed by atoms with van der Waals surface area (Å²) in [5, 5.41) is 6.61. The lowest BCUT2D eigenvalue weighted by Gasteiger charge is -2.22. The van der Waals surface area contributed by atoms with Crippen LogP contribution >= 0.6 is 24.0 Å². The summed E-state index contributed by atoms with van der Waals surface area (Å²) >= 11 is 0. The van der Waals surface area contributed by atoms with Crippen LogP contribution in [-0.4, -0.2) is 52.6 Å². The smallest absolute Gasteiger partial charge is 0.191 e. The highest BCUT2D eigenvalue weighted by Gasteiger charge is 2.13. The number of aliphatic imine (C=N–C) groups is 1. The molecule has 1 fully saturated rings. The zero-order valence-corrected chi connectivity index (χ0v) is 17.5. The molecule has 1 aromatic rings. The van der Waals surface area contributed by atoms with E-state index in [9.17, 15) is 0 Å². The predicted octanol–water partition coefficient (Wildman–Crippen LogP) is 2.56. The summed E-state index contributed by atoms with van der Waals surface area (Å²) < 4.78 is 16.5. The Hall–Kier alpha value is -1.06. The first-order valence-electron chi connectivity index (χ1n) is 8.59. The number of hydrogen-bond acceptors (Lipinski definition) is 4. The second kappa shape index (κ2) is 13.2. The molecule has 2 N–H and O–H groups in total. The monoisotopic (exact) mass is 463 g/mol. The molecule has 6 nitrogen and oxygen atoms in total. The fourth-order valence-electron chi connectivity index (χ4n) is 2.62. The van der Waals surface area contributed by atoms with Crippen LogP contribution in [0.3, 0.4) is 0 Å². The van der Waals surface area contributed by atoms with Gasteiger partial charge in [0.15, 0.2) is 5.96 Å². The normalized spacial score (nSPS) is 15.4. The highest BCUT2D eigenvalue weighted by molar-refractivity contribution is 14.0. The van der Waals surface area contributed by atoms with Crippen molar-refractivity contribution in [3.63, 3.8) is 0 Å². The van der Waals surface area contributed by atoms with Crippen LogP contribution in [-0.2, 0) is 16.0 Å². The van der Waals surface area contributed by atoms with E-state index < -0.39 is 0 Å². The first-order chi connectivity index (χ1) is 11.8. The van der Waals surface area contributed by atoms with E-state index in [1.807, 2.05) is 24.3 Å². The van der Waals surface area contributed by atoms with Crippen molar-refractivity contribution >= 4 is 29.9 Å². The molecule has 0 unspecified atom stereocenters. The lowest BCUT2D eigenvalue weighted by atomic mass is 10.1. The average molecular weight is 463 g/mol. The second-order valence-electron chi connectivity index (χ2n) is 5.70. The van der Waals surface area contributed by atoms with Crippen molar-refractivity contribution in [1.29, 1.82) is 0 Å². The Morgan fingerprint density at radius 1 is 1.24 bits per heavy atom. The van der Waals surface area contributed by atoms with Gasteiger partial charge in [-0.1, -0.05) is 18.2 Å². The molecule has 142 valence electrons. The van der Waals surface area contributed by atoms with Gasteiger partial charge in [0.2, 0.25) is 0 Å². The van der Waals surface area contributed by atoms with Crippen LogP contribution in [0.2, 0.25) is 0 Å². The Balaban J connectivity index is 0.00000312. The molecule has 0 atom stereocenters. The van der Waals surface area contributed by atoms with Crippen LogP contribution < -0.4 is 15.4 Å². The summed E-state index contributed by atoms with van der Waals surface area (Å²) in [6, 6.07) is 7.97. The van der Waals surface area contributed by atoms with Crippen LogP contribution in [0.5, 0.6) is 5.75 Å². The predicted molar refractivity (Wildman–Crippen MR) is 111 cm³/mol. The molecule has 2 rings (SSSR count). The maximum absolute atomic E-state index is 5.86. The molecule has 1 aliphatic rings. The molecule has 0 saturated carbocycles. The van der Waals surface area contributed by atoms with Gasteiger partial charge in [0.1, 0.15) is 5.75 Å². The lowest BCUT2D eigenvalue weighted by molar-refractivity contribution is -0.0320. The number of ether oxygens (including phenoxy) is 3. The van der Waals surface area contributed by atoms with Gasteiger partial charge in [-0.05, 0) is 25.3 Å². The van der Waals surface area contributed by atoms with E-state index >= 15 is 0 Å². The third-order valence-electron chi connectivity index (χ3n) is 4.00. The third kappa shape index (κ3) is 8.24. The highest BCUT2D eigenvalue weighted by Crippen LogP contribution is 2.16. The summed E-state index contributed by atoms with van der Waals surface area (Å²) in [6.07, 6.45) is 3.33. The number of methoxy groups -OCH3 is 1. The van der Waals surface area contributed by atoms with Gasteiger partial charge in [0.05, 0.1) is 13.2 Å². The average Bonchev–Trinajstić information content (AvgIpc) is 2.65. The van der Waals surface area contributed by atoms with Crippen LogP contribution in [0, 0.1) is 0 Å². The van der Waals surface area contributed by atoms with E-state index in [1.165, 1.54) is 0 Å². The Labute approximate surface area is 167 Å². The van der Waals surface area contributed by atoms with E-state index in [0.29, 0.717) is 12.6 Å². The van der Waals surface area contributed by atoms with E-state index in [1.54, 1.807) is 14.2 Å². The van der Waals surface area contributed by atoms with Crippen LogP contribution in [0.15, 0.2) is 29.3 Å². The molecular weight excluding hydrogens is 433 g/mol. The van der Waals surface area contributed by atoms with E-state index in [2.05, 4.69) is 15.6 Å². The molecule has 0 spiro atoms. The molecule has 0 bridgehead atoms. The first kappa shape index (κ1) is 22.0. The molecule has 0 amide bonds. The molecular formula is C18H30IN3O3. The Morgan fingerprint density at radius 2 is 2.00 bits per heavy atom. The van der Waals surface area contributed by atoms with Crippen molar-refractivity contribution in [3.8, 4) is 5.75 Å². The number of nitrogens with one attached hydrogen (secondary N) is 2. The highest BCUT2D eigenvalue weighted by atomic mass is 127. The molecule has 25 heavy (non-hydrogen) atoms. The molecule has 1 aliphatic heterocycles. The van der Waals surface area contributed by atoms with Crippen LogP contribution in [0.1, 0.15) is 24.8 Å². The van der Waals surface area contributed by atoms with Gasteiger partial charge < -0.3 is 24.8 Å².